The second-order valence-corrected chi connectivity index (χ2v) is 8.05. The number of aliphatic hydroxyl groups excluding tert-OH is 1. The Balaban J connectivity index is 1.42. The Morgan fingerprint density at radius 2 is 1.94 bits per heavy atom. The number of nitrogens with zero attached hydrogens (tertiary/aromatic N) is 5. The molecule has 0 radical (unpaired) electrons. The van der Waals surface area contributed by atoms with Crippen molar-refractivity contribution in [1.82, 2.24) is 25.0 Å². The van der Waals surface area contributed by atoms with Crippen LogP contribution in [0.1, 0.15) is 21.5 Å². The van der Waals surface area contributed by atoms with E-state index < -0.39 is 0 Å². The first-order valence-electron chi connectivity index (χ1n) is 11.0. The summed E-state index contributed by atoms with van der Waals surface area (Å²) in [6, 6.07) is 19.5. The van der Waals surface area contributed by atoms with E-state index in [1.165, 1.54) is 0 Å². The van der Waals surface area contributed by atoms with Gasteiger partial charge in [-0.1, -0.05) is 29.5 Å². The lowest BCUT2D eigenvalue weighted by atomic mass is 10.0. The molecule has 5 aromatic rings. The van der Waals surface area contributed by atoms with Crippen LogP contribution in [-0.2, 0) is 11.3 Å². The SMILES string of the molecule is Cc1cc(-c2ccc3nnn(Cc4ccc5ncccc5c4)c3n2)ccc1C(=O)COCCO. The van der Waals surface area contributed by atoms with Crippen molar-refractivity contribution in [2.24, 2.45) is 0 Å². The van der Waals surface area contributed by atoms with Gasteiger partial charge >= 0.3 is 0 Å². The van der Waals surface area contributed by atoms with Gasteiger partial charge in [-0.2, -0.15) is 0 Å². The molecular formula is C26H23N5O3. The highest BCUT2D eigenvalue weighted by Gasteiger charge is 2.13. The first kappa shape index (κ1) is 21.8. The van der Waals surface area contributed by atoms with Crippen molar-refractivity contribution in [2.75, 3.05) is 19.8 Å². The highest BCUT2D eigenvalue weighted by atomic mass is 16.5. The van der Waals surface area contributed by atoms with Gasteiger partial charge in [0.1, 0.15) is 12.1 Å². The van der Waals surface area contributed by atoms with Gasteiger partial charge in [0.25, 0.3) is 0 Å². The lowest BCUT2D eigenvalue weighted by Crippen LogP contribution is -2.12. The van der Waals surface area contributed by atoms with E-state index in [1.54, 1.807) is 16.9 Å². The first-order chi connectivity index (χ1) is 16.6. The van der Waals surface area contributed by atoms with Gasteiger partial charge in [-0.25, -0.2) is 9.67 Å². The zero-order chi connectivity index (χ0) is 23.5. The summed E-state index contributed by atoms with van der Waals surface area (Å²) in [5.41, 5.74) is 6.56. The molecule has 5 rings (SSSR count). The third kappa shape index (κ3) is 4.41. The fourth-order valence-corrected chi connectivity index (χ4v) is 3.96. The number of fused-ring (bicyclic) bond motifs is 2. The normalized spacial score (nSPS) is 11.4. The average Bonchev–Trinajstić information content (AvgIpc) is 3.26. The molecule has 0 atom stereocenters. The molecule has 0 aliphatic rings. The molecule has 170 valence electrons. The Morgan fingerprint density at radius 1 is 1.06 bits per heavy atom. The smallest absolute Gasteiger partial charge is 0.188 e. The molecule has 0 fully saturated rings. The molecule has 8 heteroatoms. The van der Waals surface area contributed by atoms with Crippen LogP contribution in [0.5, 0.6) is 0 Å². The summed E-state index contributed by atoms with van der Waals surface area (Å²) in [5.74, 6) is -0.117. The predicted octanol–water partition coefficient (Wildman–Crippen LogP) is 3.59. The number of aliphatic hydroxyl groups is 1. The number of carbonyl (C=O) groups excluding carboxylic acids is 1. The van der Waals surface area contributed by atoms with Gasteiger partial charge in [-0.05, 0) is 54.4 Å². The van der Waals surface area contributed by atoms with E-state index in [9.17, 15) is 4.79 Å². The minimum absolute atomic E-state index is 0.0549. The second-order valence-electron chi connectivity index (χ2n) is 8.05. The zero-order valence-corrected chi connectivity index (χ0v) is 18.7. The van der Waals surface area contributed by atoms with Gasteiger partial charge in [0.15, 0.2) is 11.4 Å². The maximum atomic E-state index is 12.4. The molecule has 0 saturated carbocycles. The summed E-state index contributed by atoms with van der Waals surface area (Å²) in [6.07, 6.45) is 1.79. The molecule has 0 amide bonds. The summed E-state index contributed by atoms with van der Waals surface area (Å²) in [7, 11) is 0. The van der Waals surface area contributed by atoms with E-state index in [1.807, 2.05) is 55.5 Å². The van der Waals surface area contributed by atoms with Crippen molar-refractivity contribution in [2.45, 2.75) is 13.5 Å². The molecule has 0 saturated heterocycles. The van der Waals surface area contributed by atoms with Crippen LogP contribution in [0.3, 0.4) is 0 Å². The highest BCUT2D eigenvalue weighted by molar-refractivity contribution is 5.99. The highest BCUT2D eigenvalue weighted by Crippen LogP contribution is 2.24. The first-order valence-corrected chi connectivity index (χ1v) is 11.0. The second kappa shape index (κ2) is 9.46. The van der Waals surface area contributed by atoms with Crippen LogP contribution in [0.2, 0.25) is 0 Å². The van der Waals surface area contributed by atoms with Crippen LogP contribution in [0.4, 0.5) is 0 Å². The van der Waals surface area contributed by atoms with E-state index in [4.69, 9.17) is 14.8 Å². The predicted molar refractivity (Wildman–Crippen MR) is 129 cm³/mol. The number of ketones is 1. The Bertz CT molecular complexity index is 1490. The maximum Gasteiger partial charge on any atom is 0.188 e. The fraction of sp³-hybridized carbons (Fsp3) is 0.192. The summed E-state index contributed by atoms with van der Waals surface area (Å²) >= 11 is 0. The van der Waals surface area contributed by atoms with Crippen molar-refractivity contribution < 1.29 is 14.6 Å². The van der Waals surface area contributed by atoms with Gasteiger partial charge in [0, 0.05) is 22.7 Å². The Kier molecular flexibility index (Phi) is 6.07. The van der Waals surface area contributed by atoms with Crippen LogP contribution >= 0.6 is 0 Å². The van der Waals surface area contributed by atoms with Crippen LogP contribution in [0.15, 0.2) is 66.9 Å². The van der Waals surface area contributed by atoms with E-state index in [2.05, 4.69) is 21.4 Å². The molecule has 0 aliphatic heterocycles. The molecule has 3 aromatic heterocycles. The summed E-state index contributed by atoms with van der Waals surface area (Å²) in [5, 5.41) is 18.5. The Hall–Kier alpha value is -4.01. The topological polar surface area (TPSA) is 103 Å². The van der Waals surface area contributed by atoms with Crippen molar-refractivity contribution in [3.05, 3.63) is 83.6 Å². The van der Waals surface area contributed by atoms with Crippen LogP contribution in [0, 0.1) is 6.92 Å². The molecule has 2 aromatic carbocycles. The van der Waals surface area contributed by atoms with Gasteiger partial charge in [0.05, 0.1) is 31.0 Å². The molecule has 0 spiro atoms. The summed E-state index contributed by atoms with van der Waals surface area (Å²) in [6.45, 7) is 2.41. The molecule has 8 nitrogen and oxygen atoms in total. The van der Waals surface area contributed by atoms with Crippen molar-refractivity contribution in [3.63, 3.8) is 0 Å². The Morgan fingerprint density at radius 3 is 2.79 bits per heavy atom. The maximum absolute atomic E-state index is 12.4. The number of aryl methyl sites for hydroxylation is 1. The average molecular weight is 454 g/mol. The van der Waals surface area contributed by atoms with E-state index >= 15 is 0 Å². The lowest BCUT2D eigenvalue weighted by molar-refractivity contribution is 0.0663. The van der Waals surface area contributed by atoms with Crippen LogP contribution in [-0.4, -0.2) is 55.7 Å². The summed E-state index contributed by atoms with van der Waals surface area (Å²) in [4.78, 5) is 21.6. The van der Waals surface area contributed by atoms with Gasteiger partial charge in [-0.3, -0.25) is 9.78 Å². The van der Waals surface area contributed by atoms with Crippen LogP contribution < -0.4 is 0 Å². The minimum atomic E-state index is -0.117. The zero-order valence-electron chi connectivity index (χ0n) is 18.7. The fourth-order valence-electron chi connectivity index (χ4n) is 3.96. The number of rotatable bonds is 8. The third-order valence-corrected chi connectivity index (χ3v) is 5.65. The largest absolute Gasteiger partial charge is 0.394 e. The van der Waals surface area contributed by atoms with Crippen molar-refractivity contribution in [3.8, 4) is 11.3 Å². The standard InChI is InChI=1S/C26H23N5O3/c1-17-13-20(5-6-21(17)25(33)16-34-12-11-32)23-8-9-24-26(28-23)31(30-29-24)15-18-4-7-22-19(14-18)3-2-10-27-22/h2-10,13-14,32H,11-12,15-16H2,1H3. The number of benzene rings is 2. The molecule has 0 aliphatic carbocycles. The third-order valence-electron chi connectivity index (χ3n) is 5.65. The summed E-state index contributed by atoms with van der Waals surface area (Å²) < 4.78 is 6.95. The van der Waals surface area contributed by atoms with Crippen molar-refractivity contribution in [1.29, 1.82) is 0 Å². The number of hydrogen-bond acceptors (Lipinski definition) is 7. The quantitative estimate of drug-likeness (QED) is 0.283. The van der Waals surface area contributed by atoms with Gasteiger partial charge < -0.3 is 9.84 Å². The number of ether oxygens (including phenoxy) is 1. The number of aromatic nitrogens is 5. The number of pyridine rings is 2. The number of Topliss-reactive ketones (excluding diaryl/α,β-unsaturated/α-hetero) is 1. The lowest BCUT2D eigenvalue weighted by Gasteiger charge is -2.09. The minimum Gasteiger partial charge on any atom is -0.394 e. The van der Waals surface area contributed by atoms with E-state index in [-0.39, 0.29) is 25.6 Å². The van der Waals surface area contributed by atoms with E-state index in [0.29, 0.717) is 17.8 Å². The van der Waals surface area contributed by atoms with Gasteiger partial charge in [-0.15, -0.1) is 5.10 Å². The van der Waals surface area contributed by atoms with Crippen molar-refractivity contribution >= 4 is 27.9 Å². The molecule has 3 heterocycles. The number of carbonyl (C=O) groups is 1. The molecule has 1 N–H and O–H groups in total. The van der Waals surface area contributed by atoms with E-state index in [0.717, 1.165) is 38.8 Å². The number of hydrogen-bond donors (Lipinski definition) is 1. The molecule has 0 unspecified atom stereocenters. The molecule has 34 heavy (non-hydrogen) atoms. The molecule has 0 bridgehead atoms. The monoisotopic (exact) mass is 453 g/mol. The van der Waals surface area contributed by atoms with Crippen LogP contribution in [0.25, 0.3) is 33.3 Å². The van der Waals surface area contributed by atoms with Gasteiger partial charge in [0.2, 0.25) is 0 Å². The molecular weight excluding hydrogens is 430 g/mol. The Labute approximate surface area is 195 Å².